The summed E-state index contributed by atoms with van der Waals surface area (Å²) in [6, 6.07) is 2.19. The average molecular weight is 1410 g/mol. The van der Waals surface area contributed by atoms with Gasteiger partial charge in [-0.3, -0.25) is 19.2 Å². The minimum absolute atomic E-state index is 0.0147. The fraction of sp³-hybridized carbons (Fsp3) is 0.738. The number of allylic oxidation sites excluding steroid dienone is 8. The average Bonchev–Trinajstić information content (AvgIpc) is 1.66. The summed E-state index contributed by atoms with van der Waals surface area (Å²) in [5, 5.41) is 40.7. The van der Waals surface area contributed by atoms with E-state index in [2.05, 4.69) is 101 Å². The molecule has 1 aliphatic heterocycles. The summed E-state index contributed by atoms with van der Waals surface area (Å²) >= 11 is 0. The van der Waals surface area contributed by atoms with Gasteiger partial charge in [0.05, 0.1) is 37.1 Å². The van der Waals surface area contributed by atoms with Crippen molar-refractivity contribution in [3.63, 3.8) is 0 Å². The number of aliphatic carboxylic acids is 3. The standard InChI is InChI=1S/C80H136N6O14/c1-8-12-14-16-18-20-22-24-26-28-30-32-34-36-38-43-56-80(57-44-39-37-35-33-31-29-27-25-23-21-19-17-15-13-9-2)98-63-68(100-80)55-61-86(7)60-46-40-41-48-71(87)83-64-78(5,10-3)99-65-79(6,11-4)97-62-59-82-74(91)67-51-49-66(50-52-67)73(90)81-58-45-42-47-69(75(92)93)84-77(96)85-70(76(94)95)53-54-72(88)89/h18-21,24-27,49-52,68-70H,8-17,22-23,28-48,53-65H2,1-7H3,(H,81,90)(H,82,91)(H,83,87)(H,88,89)(H,92,93)(H,94,95)(H2,84,85,96). The second-order valence-electron chi connectivity index (χ2n) is 28.0. The largest absolute Gasteiger partial charge is 0.481 e. The molecule has 1 heterocycles. The lowest BCUT2D eigenvalue weighted by Gasteiger charge is -2.35. The molecule has 1 fully saturated rings. The van der Waals surface area contributed by atoms with Crippen LogP contribution in [-0.4, -0.2) is 157 Å². The molecule has 5 amide bonds. The molecule has 1 aromatic carbocycles. The van der Waals surface area contributed by atoms with E-state index in [-0.39, 0.29) is 63.5 Å². The van der Waals surface area contributed by atoms with Crippen molar-refractivity contribution in [1.82, 2.24) is 31.5 Å². The minimum atomic E-state index is -1.51. The third-order valence-corrected chi connectivity index (χ3v) is 18.9. The molecule has 5 atom stereocenters. The molecule has 0 aliphatic carbocycles. The number of benzene rings is 1. The number of rotatable bonds is 64. The van der Waals surface area contributed by atoms with E-state index in [0.29, 0.717) is 50.0 Å². The van der Waals surface area contributed by atoms with Crippen LogP contribution >= 0.6 is 0 Å². The van der Waals surface area contributed by atoms with Gasteiger partial charge < -0.3 is 65.8 Å². The zero-order chi connectivity index (χ0) is 73.4. The molecule has 570 valence electrons. The lowest BCUT2D eigenvalue weighted by Crippen LogP contribution is -2.51. The Bertz CT molecular complexity index is 2460. The molecule has 1 aliphatic rings. The second-order valence-corrected chi connectivity index (χ2v) is 28.0. The molecule has 8 N–H and O–H groups in total. The maximum atomic E-state index is 13.1. The summed E-state index contributed by atoms with van der Waals surface area (Å²) in [7, 11) is 2.19. The van der Waals surface area contributed by atoms with Crippen LogP contribution in [0.2, 0.25) is 0 Å². The Morgan fingerprint density at radius 3 is 1.53 bits per heavy atom. The van der Waals surface area contributed by atoms with Gasteiger partial charge in [0.1, 0.15) is 12.1 Å². The highest BCUT2D eigenvalue weighted by molar-refractivity contribution is 5.97. The highest BCUT2D eigenvalue weighted by atomic mass is 16.7. The summed E-state index contributed by atoms with van der Waals surface area (Å²) < 4.78 is 26.3. The van der Waals surface area contributed by atoms with Crippen molar-refractivity contribution in [3.8, 4) is 0 Å². The van der Waals surface area contributed by atoms with Crippen LogP contribution in [0.5, 0.6) is 0 Å². The Balaban J connectivity index is 1.70. The monoisotopic (exact) mass is 1410 g/mol. The molecule has 0 aromatic heterocycles. The van der Waals surface area contributed by atoms with Crippen LogP contribution in [-0.2, 0) is 38.1 Å². The molecule has 1 saturated heterocycles. The summed E-state index contributed by atoms with van der Waals surface area (Å²) in [6.07, 6.45) is 55.8. The fourth-order valence-electron chi connectivity index (χ4n) is 11.7. The molecule has 0 radical (unpaired) electrons. The third-order valence-electron chi connectivity index (χ3n) is 18.9. The molecular weight excluding hydrogens is 1270 g/mol. The number of urea groups is 1. The maximum absolute atomic E-state index is 13.1. The molecule has 2 rings (SSSR count). The number of carbonyl (C=O) groups excluding carboxylic acids is 4. The van der Waals surface area contributed by atoms with E-state index in [1.165, 1.54) is 153 Å². The van der Waals surface area contributed by atoms with Crippen molar-refractivity contribution in [3.05, 3.63) is 84.0 Å². The zero-order valence-corrected chi connectivity index (χ0v) is 63.0. The molecule has 0 bridgehead atoms. The molecule has 20 nitrogen and oxygen atoms in total. The van der Waals surface area contributed by atoms with Crippen LogP contribution in [0, 0.1) is 0 Å². The Hall–Kier alpha value is -5.93. The van der Waals surface area contributed by atoms with E-state index in [0.717, 1.165) is 77.3 Å². The smallest absolute Gasteiger partial charge is 0.326 e. The Kier molecular flexibility index (Phi) is 51.0. The quantitative estimate of drug-likeness (QED) is 0.0222. The van der Waals surface area contributed by atoms with Crippen molar-refractivity contribution < 1.29 is 67.8 Å². The van der Waals surface area contributed by atoms with Gasteiger partial charge in [0.15, 0.2) is 5.79 Å². The SMILES string of the molecule is CCCCCC=CCC=CCCCCCCCCC1(CCCCCCCCC=CCC=CCCCCC)OCC(CCN(C)CCCCCC(=O)NCC(C)(CC)OCC(C)(CC)OCCNC(=O)c2ccc(C(=O)NCCCCC(NC(=O)NC(CCC(=O)O)C(=O)O)C(=O)O)cc2)O1. The number of carboxylic acids is 3. The summed E-state index contributed by atoms with van der Waals surface area (Å²) in [6.45, 7) is 16.4. The highest BCUT2D eigenvalue weighted by Crippen LogP contribution is 2.36. The van der Waals surface area contributed by atoms with Crippen molar-refractivity contribution in [2.45, 2.75) is 321 Å². The number of carboxylic acid groups (broad SMARTS) is 3. The number of ether oxygens (including phenoxy) is 4. The lowest BCUT2D eigenvalue weighted by atomic mass is 9.98. The van der Waals surface area contributed by atoms with Crippen molar-refractivity contribution >= 4 is 41.7 Å². The number of hydrogen-bond donors (Lipinski definition) is 8. The first-order chi connectivity index (χ1) is 48.2. The Labute approximate surface area is 602 Å². The van der Waals surface area contributed by atoms with Gasteiger partial charge in [-0.1, -0.05) is 160 Å². The lowest BCUT2D eigenvalue weighted by molar-refractivity contribution is -0.180. The van der Waals surface area contributed by atoms with Gasteiger partial charge in [0.2, 0.25) is 5.91 Å². The number of amides is 5. The summed E-state index contributed by atoms with van der Waals surface area (Å²) in [5.41, 5.74) is -0.599. The molecule has 100 heavy (non-hydrogen) atoms. The molecular formula is C80H136N6O14. The van der Waals surface area contributed by atoms with Crippen LogP contribution in [0.25, 0.3) is 0 Å². The number of carbonyl (C=O) groups is 7. The van der Waals surface area contributed by atoms with Crippen LogP contribution in [0.3, 0.4) is 0 Å². The van der Waals surface area contributed by atoms with Gasteiger partial charge in [0, 0.05) is 63.0 Å². The van der Waals surface area contributed by atoms with Gasteiger partial charge >= 0.3 is 23.9 Å². The predicted octanol–water partition coefficient (Wildman–Crippen LogP) is 16.3. The number of nitrogens with zero attached hydrogens (tertiary/aromatic N) is 1. The van der Waals surface area contributed by atoms with Gasteiger partial charge in [-0.2, -0.15) is 0 Å². The molecule has 0 saturated carbocycles. The van der Waals surface area contributed by atoms with E-state index >= 15 is 0 Å². The molecule has 0 spiro atoms. The molecule has 5 unspecified atom stereocenters. The van der Waals surface area contributed by atoms with Crippen molar-refractivity contribution in [1.29, 1.82) is 0 Å². The van der Waals surface area contributed by atoms with Gasteiger partial charge in [0.25, 0.3) is 11.8 Å². The van der Waals surface area contributed by atoms with Crippen LogP contribution in [0.1, 0.15) is 306 Å². The summed E-state index contributed by atoms with van der Waals surface area (Å²) in [5.74, 6) is -5.22. The van der Waals surface area contributed by atoms with Crippen LogP contribution < -0.4 is 26.6 Å². The van der Waals surface area contributed by atoms with Gasteiger partial charge in [-0.15, -0.1) is 0 Å². The number of hydrogen-bond acceptors (Lipinski definition) is 12. The predicted molar refractivity (Wildman–Crippen MR) is 401 cm³/mol. The first-order valence-corrected chi connectivity index (χ1v) is 38.8. The topological polar surface area (TPSA) is 280 Å². The van der Waals surface area contributed by atoms with E-state index in [4.69, 9.17) is 24.1 Å². The van der Waals surface area contributed by atoms with E-state index in [1.807, 2.05) is 27.7 Å². The zero-order valence-electron chi connectivity index (χ0n) is 63.0. The Morgan fingerprint density at radius 1 is 0.550 bits per heavy atom. The Morgan fingerprint density at radius 2 is 1.03 bits per heavy atom. The van der Waals surface area contributed by atoms with E-state index < -0.39 is 65.3 Å². The maximum Gasteiger partial charge on any atom is 0.326 e. The van der Waals surface area contributed by atoms with Crippen LogP contribution in [0.15, 0.2) is 72.9 Å². The van der Waals surface area contributed by atoms with E-state index in [9.17, 15) is 43.8 Å². The van der Waals surface area contributed by atoms with Crippen molar-refractivity contribution in [2.24, 2.45) is 0 Å². The summed E-state index contributed by atoms with van der Waals surface area (Å²) in [4.78, 5) is 87.5. The normalized spacial score (nSPS) is 16.7. The molecule has 1 aromatic rings. The number of nitrogens with one attached hydrogen (secondary N) is 5. The van der Waals surface area contributed by atoms with Crippen molar-refractivity contribution in [2.75, 3.05) is 59.6 Å². The van der Waals surface area contributed by atoms with E-state index in [1.54, 1.807) is 0 Å². The van der Waals surface area contributed by atoms with Gasteiger partial charge in [-0.25, -0.2) is 14.4 Å². The fourth-order valence-corrected chi connectivity index (χ4v) is 11.7. The highest BCUT2D eigenvalue weighted by Gasteiger charge is 2.40. The second kappa shape index (κ2) is 56.6. The van der Waals surface area contributed by atoms with Crippen LogP contribution in [0.4, 0.5) is 4.79 Å². The van der Waals surface area contributed by atoms with Gasteiger partial charge in [-0.05, 0) is 187 Å². The molecule has 20 heteroatoms. The number of unbranched alkanes of at least 4 members (excludes halogenated alkanes) is 21. The minimum Gasteiger partial charge on any atom is -0.481 e. The third kappa shape index (κ3) is 45.1. The first-order valence-electron chi connectivity index (χ1n) is 38.8. The first kappa shape index (κ1) is 90.2.